The van der Waals surface area contributed by atoms with Crippen molar-refractivity contribution >= 4 is 73.0 Å². The first-order valence-corrected chi connectivity index (χ1v) is 19.2. The van der Waals surface area contributed by atoms with E-state index in [0.29, 0.717) is 29.1 Å². The van der Waals surface area contributed by atoms with Gasteiger partial charge >= 0.3 is 0 Å². The van der Waals surface area contributed by atoms with E-state index in [2.05, 4.69) is 63.2 Å². The maximum absolute atomic E-state index is 14.6. The zero-order valence-electron chi connectivity index (χ0n) is 30.8. The number of fused-ring (bicyclic) bond motifs is 3. The fraction of sp³-hybridized carbons (Fsp3) is 0.152. The molecule has 56 heavy (non-hydrogen) atoms. The molecule has 10 heteroatoms. The number of hydrogen-bond donors (Lipinski definition) is 0. The monoisotopic (exact) mass is 851 g/mol. The van der Waals surface area contributed by atoms with Gasteiger partial charge in [0.1, 0.15) is 17.3 Å². The topological polar surface area (TPSA) is 89.7 Å². The standard InChI is InChI=1S/C46H36F2IN7/c1-5-30(12-11-28(3)36-21-25-53-43-38(36)19-17-32-9-7-23-50-42(32)43)45-54-40(20-18-35(48)27-34(47)6-2)55-46(56-45)33-15-13-31(14-16-33)37-22-26-52-41(29(37)4)44-39(49)10-8-24-51-44/h2,5,7-13,15-19,21,23-27,31,37H,3,14,20,22H2,1,4H3/b12-11-,30-5+,34-27+,35-18+/t31-,37?/m0/s1. The molecule has 2 aliphatic rings. The van der Waals surface area contributed by atoms with E-state index >= 15 is 0 Å². The Morgan fingerprint density at radius 2 is 1.80 bits per heavy atom. The number of allylic oxidation sites excluding steroid dienone is 14. The second kappa shape index (κ2) is 17.2. The largest absolute Gasteiger partial charge is 0.259 e. The summed E-state index contributed by atoms with van der Waals surface area (Å²) in [5, 5.41) is 1.95. The molecule has 1 aliphatic carbocycles. The second-order valence-electron chi connectivity index (χ2n) is 13.3. The van der Waals surface area contributed by atoms with Crippen molar-refractivity contribution in [2.24, 2.45) is 16.8 Å². The third-order valence-corrected chi connectivity index (χ3v) is 10.7. The van der Waals surface area contributed by atoms with E-state index in [-0.39, 0.29) is 18.3 Å². The zero-order valence-corrected chi connectivity index (χ0v) is 33.0. The molecule has 1 aromatic carbocycles. The Hall–Kier alpha value is -6.06. The van der Waals surface area contributed by atoms with E-state index in [1.54, 1.807) is 24.5 Å². The third kappa shape index (κ3) is 8.28. The highest BCUT2D eigenvalue weighted by atomic mass is 127. The molecule has 0 spiro atoms. The molecule has 1 unspecified atom stereocenters. The van der Waals surface area contributed by atoms with Crippen molar-refractivity contribution < 1.29 is 8.78 Å². The van der Waals surface area contributed by atoms with Crippen LogP contribution in [0.15, 0.2) is 138 Å². The molecular formula is C46H36F2IN7. The number of benzene rings is 1. The second-order valence-corrected chi connectivity index (χ2v) is 14.4. The van der Waals surface area contributed by atoms with Crippen LogP contribution in [0.2, 0.25) is 0 Å². The van der Waals surface area contributed by atoms with Crippen molar-refractivity contribution in [3.05, 3.63) is 166 Å². The van der Waals surface area contributed by atoms with E-state index in [4.69, 9.17) is 26.4 Å². The van der Waals surface area contributed by atoms with Gasteiger partial charge < -0.3 is 0 Å². The normalized spacial score (nSPS) is 17.9. The molecule has 0 bridgehead atoms. The van der Waals surface area contributed by atoms with Crippen molar-refractivity contribution in [1.82, 2.24) is 29.9 Å². The molecule has 0 saturated carbocycles. The third-order valence-electron chi connectivity index (χ3n) is 9.83. The van der Waals surface area contributed by atoms with Crippen molar-refractivity contribution in [3.63, 3.8) is 0 Å². The summed E-state index contributed by atoms with van der Waals surface area (Å²) in [6.07, 6.45) is 27.9. The minimum absolute atomic E-state index is 0.0127. The minimum Gasteiger partial charge on any atom is -0.259 e. The molecule has 276 valence electrons. The lowest BCUT2D eigenvalue weighted by Gasteiger charge is -2.29. The van der Waals surface area contributed by atoms with Crippen LogP contribution in [0.5, 0.6) is 0 Å². The first-order chi connectivity index (χ1) is 27.2. The van der Waals surface area contributed by atoms with Crippen LogP contribution in [0.4, 0.5) is 8.78 Å². The van der Waals surface area contributed by atoms with Gasteiger partial charge in [-0.2, -0.15) is 4.39 Å². The molecule has 0 fully saturated rings. The van der Waals surface area contributed by atoms with Crippen LogP contribution in [0.3, 0.4) is 0 Å². The molecule has 7 nitrogen and oxygen atoms in total. The zero-order chi connectivity index (χ0) is 39.2. The summed E-state index contributed by atoms with van der Waals surface area (Å²) >= 11 is 2.31. The van der Waals surface area contributed by atoms with Gasteiger partial charge in [-0.1, -0.05) is 61.2 Å². The average molecular weight is 852 g/mol. The number of hydrogen-bond acceptors (Lipinski definition) is 7. The van der Waals surface area contributed by atoms with Gasteiger partial charge in [-0.05, 0) is 114 Å². The van der Waals surface area contributed by atoms with Crippen LogP contribution >= 0.6 is 22.6 Å². The fourth-order valence-electron chi connectivity index (χ4n) is 6.91. The maximum atomic E-state index is 14.6. The molecule has 2 atom stereocenters. The van der Waals surface area contributed by atoms with Crippen molar-refractivity contribution in [2.45, 2.75) is 33.1 Å². The molecule has 0 saturated heterocycles. The molecule has 0 radical (unpaired) electrons. The molecule has 1 aliphatic heterocycles. The summed E-state index contributed by atoms with van der Waals surface area (Å²) in [5.74, 6) is 1.61. The van der Waals surface area contributed by atoms with Crippen molar-refractivity contribution in [2.75, 3.05) is 0 Å². The van der Waals surface area contributed by atoms with E-state index in [1.807, 2.05) is 79.9 Å². The quantitative estimate of drug-likeness (QED) is 0.0602. The van der Waals surface area contributed by atoms with Gasteiger partial charge in [-0.25, -0.2) is 19.3 Å². The average Bonchev–Trinajstić information content (AvgIpc) is 3.23. The van der Waals surface area contributed by atoms with Crippen LogP contribution in [-0.2, 0) is 6.42 Å². The van der Waals surface area contributed by atoms with E-state index in [1.165, 1.54) is 11.6 Å². The SMILES string of the molecule is C#C/C(F)=C\C(F)=C/Cc1nc(C2=CC[C@@H](C3CC=NC(c4ncccc4I)=C3C)C=C2)nc(C(/C=C\C(=C)c2ccnc3c2ccc2cccnc23)=C/C)n1. The lowest BCUT2D eigenvalue weighted by Crippen LogP contribution is -2.20. The number of aliphatic imine (C=N–C) groups is 1. The number of aromatic nitrogens is 6. The lowest BCUT2D eigenvalue weighted by atomic mass is 9.77. The van der Waals surface area contributed by atoms with Crippen LogP contribution in [0.25, 0.3) is 44.2 Å². The highest BCUT2D eigenvalue weighted by Crippen LogP contribution is 2.39. The van der Waals surface area contributed by atoms with Gasteiger partial charge in [0.05, 0.1) is 16.7 Å². The maximum Gasteiger partial charge on any atom is 0.175 e. The number of pyridine rings is 3. The van der Waals surface area contributed by atoms with Crippen LogP contribution in [0.1, 0.15) is 55.4 Å². The molecule has 5 heterocycles. The van der Waals surface area contributed by atoms with Crippen LogP contribution in [-0.4, -0.2) is 36.1 Å². The Labute approximate surface area is 338 Å². The highest BCUT2D eigenvalue weighted by molar-refractivity contribution is 14.1. The van der Waals surface area contributed by atoms with Gasteiger partial charge in [0, 0.05) is 62.8 Å². The van der Waals surface area contributed by atoms with E-state index in [0.717, 1.165) is 66.3 Å². The van der Waals surface area contributed by atoms with E-state index < -0.39 is 11.7 Å². The summed E-state index contributed by atoms with van der Waals surface area (Å²) in [6.45, 7) is 8.41. The molecule has 0 amide bonds. The number of rotatable bonds is 10. The van der Waals surface area contributed by atoms with Crippen LogP contribution in [0, 0.1) is 27.7 Å². The van der Waals surface area contributed by atoms with Gasteiger partial charge in [0.15, 0.2) is 17.5 Å². The number of terminal acetylenes is 1. The molecule has 0 N–H and O–H groups in total. The summed E-state index contributed by atoms with van der Waals surface area (Å²) in [6, 6.07) is 13.9. The first kappa shape index (κ1) is 38.2. The lowest BCUT2D eigenvalue weighted by molar-refractivity contribution is 0.467. The Morgan fingerprint density at radius 1 is 0.982 bits per heavy atom. The Bertz CT molecular complexity index is 2680. The van der Waals surface area contributed by atoms with Gasteiger partial charge in [-0.3, -0.25) is 19.9 Å². The predicted octanol–water partition coefficient (Wildman–Crippen LogP) is 11.0. The van der Waals surface area contributed by atoms with Gasteiger partial charge in [-0.15, -0.1) is 6.42 Å². The van der Waals surface area contributed by atoms with Crippen molar-refractivity contribution in [1.29, 1.82) is 0 Å². The van der Waals surface area contributed by atoms with Gasteiger partial charge in [0.2, 0.25) is 0 Å². The van der Waals surface area contributed by atoms with Gasteiger partial charge in [0.25, 0.3) is 0 Å². The van der Waals surface area contributed by atoms with E-state index in [9.17, 15) is 8.78 Å². The number of nitrogens with zero attached hydrogens (tertiary/aromatic N) is 7. The smallest absolute Gasteiger partial charge is 0.175 e. The van der Waals surface area contributed by atoms with Crippen LogP contribution < -0.4 is 0 Å². The highest BCUT2D eigenvalue weighted by Gasteiger charge is 2.28. The predicted molar refractivity (Wildman–Crippen MR) is 231 cm³/mol. The minimum atomic E-state index is -1.01. The summed E-state index contributed by atoms with van der Waals surface area (Å²) in [4.78, 5) is 32.9. The van der Waals surface area contributed by atoms with Crippen molar-refractivity contribution in [3.8, 4) is 12.3 Å². The summed E-state index contributed by atoms with van der Waals surface area (Å²) < 4.78 is 29.3. The summed E-state index contributed by atoms with van der Waals surface area (Å²) in [5.41, 5.74) is 7.87. The molecule has 4 aromatic heterocycles. The summed E-state index contributed by atoms with van der Waals surface area (Å²) in [7, 11) is 0. The number of halogens is 3. The fourth-order valence-corrected chi connectivity index (χ4v) is 7.51. The Kier molecular flexibility index (Phi) is 11.7. The molecule has 7 rings (SSSR count). The first-order valence-electron chi connectivity index (χ1n) is 18.1. The molecule has 5 aromatic rings. The molecular weight excluding hydrogens is 815 g/mol. The Morgan fingerprint density at radius 3 is 2.59 bits per heavy atom. The Balaban J connectivity index is 1.18.